The molecule has 0 aliphatic rings. The van der Waals surface area contributed by atoms with Gasteiger partial charge in [-0.15, -0.1) is 0 Å². The van der Waals surface area contributed by atoms with Gasteiger partial charge in [-0.1, -0.05) is 204 Å². The molecule has 4 rings (SSSR count). The molecule has 0 saturated heterocycles. The SMILES string of the molecule is C.C.C.C.C.C.C.C.C.C.C.C.C.C.C.C.C.C.C=O.C=O.C=O.C=O.COCCOCCN(CCOCCOC)CCN(CCN(CCOCCOC)CCOCCOC)CN(CCN(CCCOCCOS(=O)(=O)c1ccc(C)cc1)CCCOCCOS(=O)(=O)c1ccc(C)cc1)CCN(CCCOCCOS(=O)(=O)c1ccc(C)cc1)CCCOCCOS(=O)(=O)c1ccc(C)cc1. The Labute approximate surface area is 842 Å². The van der Waals surface area contributed by atoms with Crippen molar-refractivity contribution in [2.45, 2.75) is 207 Å². The quantitative estimate of drug-likeness (QED) is 0.0225. The molecule has 0 bridgehead atoms. The zero-order valence-electron chi connectivity index (χ0n) is 71.6. The fourth-order valence-electron chi connectivity index (χ4n) is 10.9. The third kappa shape index (κ3) is 90.3. The molecule has 828 valence electrons. The van der Waals surface area contributed by atoms with Crippen molar-refractivity contribution in [2.75, 3.05) is 298 Å². The normalized spacial score (nSPS) is 10.3. The summed E-state index contributed by atoms with van der Waals surface area (Å²) in [5.41, 5.74) is 3.69. The van der Waals surface area contributed by atoms with E-state index in [-0.39, 0.29) is 206 Å². The Hall–Kier alpha value is -5.52. The van der Waals surface area contributed by atoms with Crippen LogP contribution in [-0.2, 0) is 133 Å². The Balaban J connectivity index is -0.000000306. The Kier molecular flexibility index (Phi) is 149. The summed E-state index contributed by atoms with van der Waals surface area (Å²) in [5.74, 6) is 0. The van der Waals surface area contributed by atoms with Crippen molar-refractivity contribution in [1.29, 1.82) is 0 Å². The fraction of sp³-hybridized carbons (Fsp3) is 0.717. The molecule has 0 radical (unpaired) electrons. The number of rotatable bonds is 74. The van der Waals surface area contributed by atoms with Crippen LogP contribution in [0.4, 0.5) is 0 Å². The molecule has 0 atom stereocenters. The lowest BCUT2D eigenvalue weighted by Crippen LogP contribution is -2.49. The molecule has 0 aromatic heterocycles. The van der Waals surface area contributed by atoms with E-state index in [2.05, 4.69) is 29.4 Å². The molecule has 0 saturated carbocycles. The molecule has 38 heteroatoms. The molecule has 137 heavy (non-hydrogen) atoms. The van der Waals surface area contributed by atoms with E-state index in [0.717, 1.165) is 22.3 Å². The van der Waals surface area contributed by atoms with Crippen molar-refractivity contribution in [3.05, 3.63) is 119 Å². The monoisotopic (exact) mass is 2060 g/mol. The van der Waals surface area contributed by atoms with Gasteiger partial charge in [0.1, 0.15) is 27.2 Å². The number of carbonyl (C=O) groups is 4. The van der Waals surface area contributed by atoms with Crippen molar-refractivity contribution < 1.29 is 126 Å². The highest BCUT2D eigenvalue weighted by Gasteiger charge is 2.22. The number of ether oxygens (including phenoxy) is 12. The Morgan fingerprint density at radius 2 is 0.336 bits per heavy atom. The Morgan fingerprint density at radius 1 is 0.190 bits per heavy atom. The average Bonchev–Trinajstić information content (AvgIpc) is 0.863. The van der Waals surface area contributed by atoms with Gasteiger partial charge < -0.3 is 85.8 Å². The highest BCUT2D eigenvalue weighted by molar-refractivity contribution is 7.87. The number of methoxy groups -OCH3 is 4. The van der Waals surface area contributed by atoms with Crippen LogP contribution in [0.3, 0.4) is 0 Å². The first-order chi connectivity index (χ1) is 57.6. The molecular formula is C99H210N6O28S4. The summed E-state index contributed by atoms with van der Waals surface area (Å²) in [6.45, 7) is 32.9. The van der Waals surface area contributed by atoms with E-state index in [9.17, 15) is 33.7 Å². The Bertz CT molecular complexity index is 3090. The van der Waals surface area contributed by atoms with Gasteiger partial charge in [-0.25, -0.2) is 0 Å². The van der Waals surface area contributed by atoms with Gasteiger partial charge in [0.25, 0.3) is 40.5 Å². The highest BCUT2D eigenvalue weighted by atomic mass is 32.2. The van der Waals surface area contributed by atoms with Crippen molar-refractivity contribution in [3.8, 4) is 0 Å². The summed E-state index contributed by atoms with van der Waals surface area (Å²) in [5, 5.41) is 0. The maximum atomic E-state index is 13.0. The van der Waals surface area contributed by atoms with Crippen LogP contribution >= 0.6 is 0 Å². The second-order valence-corrected chi connectivity index (χ2v) is 32.8. The lowest BCUT2D eigenvalue weighted by Gasteiger charge is -2.36. The second-order valence-electron chi connectivity index (χ2n) is 26.4. The number of benzene rings is 4. The summed E-state index contributed by atoms with van der Waals surface area (Å²) in [6, 6.07) is 25.9. The van der Waals surface area contributed by atoms with Crippen LogP contribution in [0, 0.1) is 27.7 Å². The lowest BCUT2D eigenvalue weighted by atomic mass is 10.2. The van der Waals surface area contributed by atoms with Crippen LogP contribution in [0.2, 0.25) is 0 Å². The maximum Gasteiger partial charge on any atom is 0.297 e. The molecule has 0 heterocycles. The number of carbonyl (C=O) groups excluding carboxylic acids is 4. The molecule has 0 aliphatic heterocycles. The zero-order valence-corrected chi connectivity index (χ0v) is 74.9. The van der Waals surface area contributed by atoms with Crippen molar-refractivity contribution in [2.24, 2.45) is 0 Å². The number of hydrogen-bond acceptors (Lipinski definition) is 34. The van der Waals surface area contributed by atoms with Crippen LogP contribution in [0.5, 0.6) is 0 Å². The number of hydrogen-bond donors (Lipinski definition) is 0. The second kappa shape index (κ2) is 116. The van der Waals surface area contributed by atoms with Gasteiger partial charge in [-0.3, -0.25) is 36.3 Å². The van der Waals surface area contributed by atoms with Gasteiger partial charge in [0.15, 0.2) is 0 Å². The first-order valence-corrected chi connectivity index (χ1v) is 45.1. The predicted molar refractivity (Wildman–Crippen MR) is 573 cm³/mol. The predicted octanol–water partition coefficient (Wildman–Crippen LogP) is 16.6. The topological polar surface area (TPSA) is 372 Å². The molecule has 0 fully saturated rings. The smallest absolute Gasteiger partial charge is 0.297 e. The molecule has 0 aliphatic carbocycles. The van der Waals surface area contributed by atoms with Gasteiger partial charge in [0.05, 0.1) is 158 Å². The van der Waals surface area contributed by atoms with Crippen LogP contribution < -0.4 is 0 Å². The van der Waals surface area contributed by atoms with Crippen molar-refractivity contribution >= 4 is 67.6 Å². The van der Waals surface area contributed by atoms with E-state index in [1.165, 1.54) is 48.5 Å². The van der Waals surface area contributed by atoms with Gasteiger partial charge in [-0.2, -0.15) is 33.7 Å². The first kappa shape index (κ1) is 177. The molecular weight excluding hydrogens is 1850 g/mol. The molecule has 4 aromatic carbocycles. The summed E-state index contributed by atoms with van der Waals surface area (Å²) in [4.78, 5) is 46.6. The van der Waals surface area contributed by atoms with E-state index in [0.29, 0.717) is 243 Å². The molecule has 0 amide bonds. The third-order valence-electron chi connectivity index (χ3n) is 17.4. The van der Waals surface area contributed by atoms with E-state index in [1.807, 2.05) is 54.9 Å². The molecule has 0 unspecified atom stereocenters. The van der Waals surface area contributed by atoms with Crippen LogP contribution in [0.15, 0.2) is 117 Å². The minimum atomic E-state index is -3.99. The molecule has 4 aromatic rings. The van der Waals surface area contributed by atoms with E-state index >= 15 is 0 Å². The first-order valence-electron chi connectivity index (χ1n) is 39.5. The van der Waals surface area contributed by atoms with Crippen molar-refractivity contribution in [1.82, 2.24) is 29.4 Å². The fourth-order valence-corrected chi connectivity index (χ4v) is 14.5. The highest BCUT2D eigenvalue weighted by Crippen LogP contribution is 2.18. The van der Waals surface area contributed by atoms with E-state index in [1.54, 1.807) is 77.0 Å². The van der Waals surface area contributed by atoms with E-state index in [4.69, 9.17) is 92.8 Å². The van der Waals surface area contributed by atoms with Crippen molar-refractivity contribution in [3.63, 3.8) is 0 Å². The third-order valence-corrected chi connectivity index (χ3v) is 22.7. The number of nitrogens with zero attached hydrogens (tertiary/aromatic N) is 6. The largest absolute Gasteiger partial charge is 0.382 e. The summed E-state index contributed by atoms with van der Waals surface area (Å²) >= 11 is 0. The van der Waals surface area contributed by atoms with E-state index < -0.39 is 40.5 Å². The van der Waals surface area contributed by atoms with Gasteiger partial charge in [0, 0.05) is 160 Å². The van der Waals surface area contributed by atoms with Gasteiger partial charge >= 0.3 is 0 Å². The zero-order chi connectivity index (χ0) is 88.5. The van der Waals surface area contributed by atoms with Crippen LogP contribution in [-0.4, -0.2) is 389 Å². The van der Waals surface area contributed by atoms with Crippen LogP contribution in [0.25, 0.3) is 0 Å². The molecule has 34 nitrogen and oxygen atoms in total. The molecule has 0 N–H and O–H groups in total. The van der Waals surface area contributed by atoms with Crippen LogP contribution in [0.1, 0.15) is 182 Å². The number of aryl methyl sites for hydroxylation is 4. The standard InChI is InChI=1S/C77H130N6O24S4.4CH2O.18CH4/c1-70-13-21-74(22-14-70)108(84,85)104-65-61-96-45-9-29-78(30-10-46-97-62-66-105-109(86,87)75-23-15-71(2)16-24-75)33-37-82(69-83(39-35-80(41-49-100-57-53-92-5)42-50-101-58-54-93-6)40-36-81(43-51-102-59-55-94-7)44-52-103-60-56-95-8)38-34-79(31-11-47-98-63-67-106-110(88,89)76-25-17-72(3)18-26-76)32-12-48-99-64-68-107-111(90,91)77-27-19-73(4)20-28-77;4*1-2;;;;;;;;;;;;;;;;;;/h13-28H,9-12,29-69H2,1-8H3;4*1H2;18*1H4. The van der Waals surface area contributed by atoms with Gasteiger partial charge in [-0.05, 0) is 102 Å². The summed E-state index contributed by atoms with van der Waals surface area (Å²) in [7, 11) is -9.36. The minimum Gasteiger partial charge on any atom is -0.382 e. The Morgan fingerprint density at radius 3 is 0.504 bits per heavy atom. The summed E-state index contributed by atoms with van der Waals surface area (Å²) in [6.07, 6.45) is 2.41. The maximum absolute atomic E-state index is 13.0. The summed E-state index contributed by atoms with van der Waals surface area (Å²) < 4.78 is 194. The minimum absolute atomic E-state index is 0. The average molecular weight is 2060 g/mol. The van der Waals surface area contributed by atoms with Gasteiger partial charge in [0.2, 0.25) is 0 Å². The lowest BCUT2D eigenvalue weighted by molar-refractivity contribution is -0.0987. The molecule has 0 spiro atoms.